The first-order chi connectivity index (χ1) is 12.5. The van der Waals surface area contributed by atoms with Crippen LogP contribution >= 0.6 is 0 Å². The monoisotopic (exact) mass is 354 g/mol. The Bertz CT molecular complexity index is 583. The minimum atomic E-state index is -0.875. The highest BCUT2D eigenvalue weighted by molar-refractivity contribution is 5.38. The number of aryl methyl sites for hydroxylation is 1. The Balaban J connectivity index is 3.34. The van der Waals surface area contributed by atoms with Crippen molar-refractivity contribution in [3.63, 3.8) is 0 Å². The van der Waals surface area contributed by atoms with Crippen LogP contribution in [0.4, 0.5) is 0 Å². The largest absolute Gasteiger partial charge is 0.385 e. The van der Waals surface area contributed by atoms with E-state index in [2.05, 4.69) is 58.2 Å². The molecule has 0 saturated heterocycles. The van der Waals surface area contributed by atoms with Gasteiger partial charge in [-0.05, 0) is 54.7 Å². The van der Waals surface area contributed by atoms with E-state index in [9.17, 15) is 5.11 Å². The molecule has 144 valence electrons. The number of hydrogen-bond donors (Lipinski definition) is 1. The van der Waals surface area contributed by atoms with Crippen molar-refractivity contribution in [3.05, 3.63) is 72.4 Å². The predicted molar refractivity (Wildman–Crippen MR) is 115 cm³/mol. The molecule has 0 radical (unpaired) electrons. The SMILES string of the molecule is C=C/C(C)=C(\C=C)C(O)(CCc1ccccc1)C(CC)C(CC)CCC. The van der Waals surface area contributed by atoms with Crippen molar-refractivity contribution < 1.29 is 5.11 Å². The summed E-state index contributed by atoms with van der Waals surface area (Å²) < 4.78 is 0. The molecule has 3 unspecified atom stereocenters. The lowest BCUT2D eigenvalue weighted by atomic mass is 9.67. The molecule has 1 aromatic carbocycles. The Kier molecular flexibility index (Phi) is 9.65. The summed E-state index contributed by atoms with van der Waals surface area (Å²) in [5, 5.41) is 12.0. The third-order valence-electron chi connectivity index (χ3n) is 5.85. The van der Waals surface area contributed by atoms with Crippen LogP contribution in [0.25, 0.3) is 0 Å². The molecule has 0 spiro atoms. The predicted octanol–water partition coefficient (Wildman–Crippen LogP) is 6.89. The molecule has 0 aliphatic heterocycles. The fourth-order valence-corrected chi connectivity index (χ4v) is 4.41. The van der Waals surface area contributed by atoms with Gasteiger partial charge in [-0.25, -0.2) is 0 Å². The van der Waals surface area contributed by atoms with Gasteiger partial charge in [0.05, 0.1) is 5.60 Å². The summed E-state index contributed by atoms with van der Waals surface area (Å²) >= 11 is 0. The molecule has 0 saturated carbocycles. The van der Waals surface area contributed by atoms with Crippen LogP contribution < -0.4 is 0 Å². The van der Waals surface area contributed by atoms with Gasteiger partial charge in [-0.15, -0.1) is 0 Å². The van der Waals surface area contributed by atoms with Crippen LogP contribution in [0.1, 0.15) is 65.4 Å². The van der Waals surface area contributed by atoms with Crippen LogP contribution in [0.15, 0.2) is 66.8 Å². The van der Waals surface area contributed by atoms with Gasteiger partial charge in [-0.3, -0.25) is 0 Å². The smallest absolute Gasteiger partial charge is 0.0932 e. The van der Waals surface area contributed by atoms with E-state index in [0.717, 1.165) is 43.3 Å². The number of hydrogen-bond acceptors (Lipinski definition) is 1. The molecular weight excluding hydrogens is 316 g/mol. The van der Waals surface area contributed by atoms with Gasteiger partial charge in [0.1, 0.15) is 0 Å². The zero-order valence-corrected chi connectivity index (χ0v) is 17.3. The van der Waals surface area contributed by atoms with Crippen molar-refractivity contribution in [1.82, 2.24) is 0 Å². The van der Waals surface area contributed by atoms with E-state index in [1.54, 1.807) is 0 Å². The second-order valence-corrected chi connectivity index (χ2v) is 7.39. The zero-order chi connectivity index (χ0) is 19.6. The molecule has 0 aliphatic rings. The van der Waals surface area contributed by atoms with Crippen molar-refractivity contribution in [2.24, 2.45) is 11.8 Å². The molecule has 0 bridgehead atoms. The summed E-state index contributed by atoms with van der Waals surface area (Å²) in [6.07, 6.45) is 9.63. The minimum Gasteiger partial charge on any atom is -0.385 e. The first-order valence-corrected chi connectivity index (χ1v) is 10.2. The maximum atomic E-state index is 12.0. The Morgan fingerprint density at radius 1 is 1.08 bits per heavy atom. The van der Waals surface area contributed by atoms with E-state index in [0.29, 0.717) is 12.3 Å². The van der Waals surface area contributed by atoms with Crippen LogP contribution in [0.3, 0.4) is 0 Å². The molecule has 1 rings (SSSR count). The average molecular weight is 355 g/mol. The molecule has 0 fully saturated rings. The molecule has 1 nitrogen and oxygen atoms in total. The van der Waals surface area contributed by atoms with Gasteiger partial charge in [0.25, 0.3) is 0 Å². The summed E-state index contributed by atoms with van der Waals surface area (Å²) in [5.41, 5.74) is 2.37. The van der Waals surface area contributed by atoms with Crippen LogP contribution in [0, 0.1) is 11.8 Å². The number of rotatable bonds is 12. The normalized spacial score (nSPS) is 17.0. The highest BCUT2D eigenvalue weighted by Gasteiger charge is 2.41. The number of allylic oxidation sites excluding steroid dienone is 2. The third kappa shape index (κ3) is 5.45. The highest BCUT2D eigenvalue weighted by Crippen LogP contribution is 2.42. The van der Waals surface area contributed by atoms with Gasteiger partial charge in [-0.2, -0.15) is 0 Å². The molecule has 0 amide bonds. The maximum Gasteiger partial charge on any atom is 0.0932 e. The fraction of sp³-hybridized carbons (Fsp3) is 0.520. The molecule has 0 aromatic heterocycles. The number of benzene rings is 1. The standard InChI is InChI=1S/C25H38O/c1-7-15-22(9-3)24(11-5)25(26,23(10-4)20(6)8-2)19-18-21-16-13-12-14-17-21/h8,10,12-14,16-17,22,24,26H,2,4,7,9,11,15,18-19H2,1,3,5-6H3/b23-20+. The van der Waals surface area contributed by atoms with E-state index < -0.39 is 5.60 Å². The summed E-state index contributed by atoms with van der Waals surface area (Å²) in [4.78, 5) is 0. The summed E-state index contributed by atoms with van der Waals surface area (Å²) in [6.45, 7) is 16.7. The molecule has 0 aliphatic carbocycles. The quantitative estimate of drug-likeness (QED) is 0.405. The van der Waals surface area contributed by atoms with Crippen LogP contribution in [0.5, 0.6) is 0 Å². The molecule has 0 heterocycles. The van der Waals surface area contributed by atoms with Gasteiger partial charge in [0.2, 0.25) is 0 Å². The second kappa shape index (κ2) is 11.2. The maximum absolute atomic E-state index is 12.0. The van der Waals surface area contributed by atoms with Crippen LogP contribution in [-0.2, 0) is 6.42 Å². The molecule has 3 atom stereocenters. The highest BCUT2D eigenvalue weighted by atomic mass is 16.3. The van der Waals surface area contributed by atoms with Crippen molar-refractivity contribution in [3.8, 4) is 0 Å². The lowest BCUT2D eigenvalue weighted by Crippen LogP contribution is -2.44. The van der Waals surface area contributed by atoms with E-state index in [4.69, 9.17) is 0 Å². The van der Waals surface area contributed by atoms with Gasteiger partial charge in [0.15, 0.2) is 0 Å². The van der Waals surface area contributed by atoms with E-state index in [1.165, 1.54) is 5.56 Å². The Morgan fingerprint density at radius 2 is 1.73 bits per heavy atom. The molecular formula is C25H38O. The first-order valence-electron chi connectivity index (χ1n) is 10.2. The van der Waals surface area contributed by atoms with Crippen LogP contribution in [-0.4, -0.2) is 10.7 Å². The Hall–Kier alpha value is -1.60. The van der Waals surface area contributed by atoms with E-state index in [-0.39, 0.29) is 5.92 Å². The van der Waals surface area contributed by atoms with E-state index in [1.807, 2.05) is 25.1 Å². The third-order valence-corrected chi connectivity index (χ3v) is 5.85. The lowest BCUT2D eigenvalue weighted by Gasteiger charge is -2.42. The van der Waals surface area contributed by atoms with E-state index >= 15 is 0 Å². The topological polar surface area (TPSA) is 20.2 Å². The van der Waals surface area contributed by atoms with Crippen LogP contribution in [0.2, 0.25) is 0 Å². The van der Waals surface area contributed by atoms with Crippen molar-refractivity contribution in [2.75, 3.05) is 0 Å². The molecule has 26 heavy (non-hydrogen) atoms. The van der Waals surface area contributed by atoms with Crippen molar-refractivity contribution >= 4 is 0 Å². The summed E-state index contributed by atoms with van der Waals surface area (Å²) in [6, 6.07) is 10.5. The van der Waals surface area contributed by atoms with Gasteiger partial charge in [0, 0.05) is 0 Å². The molecule has 1 N–H and O–H groups in total. The zero-order valence-electron chi connectivity index (χ0n) is 17.3. The minimum absolute atomic E-state index is 0.221. The number of aliphatic hydroxyl groups is 1. The van der Waals surface area contributed by atoms with Crippen molar-refractivity contribution in [1.29, 1.82) is 0 Å². The first kappa shape index (κ1) is 22.4. The Labute approximate surface area is 161 Å². The van der Waals surface area contributed by atoms with Gasteiger partial charge in [-0.1, -0.05) is 95.7 Å². The van der Waals surface area contributed by atoms with Gasteiger partial charge < -0.3 is 5.11 Å². The lowest BCUT2D eigenvalue weighted by molar-refractivity contribution is -0.0202. The fourth-order valence-electron chi connectivity index (χ4n) is 4.41. The molecule has 1 heteroatoms. The summed E-state index contributed by atoms with van der Waals surface area (Å²) in [5.74, 6) is 0.734. The van der Waals surface area contributed by atoms with Crippen molar-refractivity contribution in [2.45, 2.75) is 71.8 Å². The summed E-state index contributed by atoms with van der Waals surface area (Å²) in [7, 11) is 0. The second-order valence-electron chi connectivity index (χ2n) is 7.39. The average Bonchev–Trinajstić information content (AvgIpc) is 2.67. The molecule has 1 aromatic rings. The Morgan fingerprint density at radius 3 is 2.19 bits per heavy atom. The van der Waals surface area contributed by atoms with Gasteiger partial charge >= 0.3 is 0 Å².